The predicted octanol–water partition coefficient (Wildman–Crippen LogP) is 11.3. The van der Waals surface area contributed by atoms with Crippen LogP contribution in [0.2, 0.25) is 0 Å². The Hall–Kier alpha value is -5.98. The van der Waals surface area contributed by atoms with Crippen LogP contribution in [0.3, 0.4) is 0 Å². The molecule has 258 valence electrons. The van der Waals surface area contributed by atoms with E-state index >= 15 is 4.39 Å². The van der Waals surface area contributed by atoms with Gasteiger partial charge in [-0.1, -0.05) is 108 Å². The van der Waals surface area contributed by atoms with Crippen LogP contribution in [0.25, 0.3) is 11.1 Å². The maximum Gasteiger partial charge on any atom is 0.249 e. The second-order valence-corrected chi connectivity index (χ2v) is 15.6. The van der Waals surface area contributed by atoms with E-state index in [0.717, 1.165) is 42.0 Å². The Balaban J connectivity index is 1.15. The first-order valence-corrected chi connectivity index (χ1v) is 19.7. The van der Waals surface area contributed by atoms with Crippen molar-refractivity contribution >= 4 is 74.7 Å². The average Bonchev–Trinajstić information content (AvgIpc) is 3.23. The van der Waals surface area contributed by atoms with Gasteiger partial charge in [0.15, 0.2) is 0 Å². The maximum atomic E-state index is 15.2. The first-order chi connectivity index (χ1) is 26.7. The van der Waals surface area contributed by atoms with Crippen LogP contribution >= 0.6 is 11.8 Å². The molecule has 0 fully saturated rings. The molecule has 3 aliphatic heterocycles. The number of halogens is 1. The molecule has 54 heavy (non-hydrogen) atoms. The first-order valence-electron chi connectivity index (χ1n) is 18.9. The largest absolute Gasteiger partial charge is 0.311 e. The monoisotopic (exact) mass is 715 g/mol. The fraction of sp³-hybridized carbons (Fsp3) is 0.0833. The molecule has 0 spiro atoms. The van der Waals surface area contributed by atoms with Gasteiger partial charge in [-0.2, -0.15) is 0 Å². The van der Waals surface area contributed by atoms with E-state index in [0.29, 0.717) is 0 Å². The number of benzene rings is 7. The van der Waals surface area contributed by atoms with E-state index in [-0.39, 0.29) is 12.5 Å². The van der Waals surface area contributed by atoms with Crippen molar-refractivity contribution < 1.29 is 4.39 Å². The number of hydrogen-bond acceptors (Lipinski definition) is 4. The minimum absolute atomic E-state index is 0.0247. The molecule has 0 unspecified atom stereocenters. The molecule has 1 aliphatic carbocycles. The lowest BCUT2D eigenvalue weighted by Crippen LogP contribution is -2.59. The van der Waals surface area contributed by atoms with Crippen LogP contribution < -0.4 is 31.1 Å². The molecule has 0 aromatic heterocycles. The van der Waals surface area contributed by atoms with Crippen LogP contribution in [0.5, 0.6) is 0 Å². The summed E-state index contributed by atoms with van der Waals surface area (Å²) in [6, 6.07) is 57.9. The summed E-state index contributed by atoms with van der Waals surface area (Å²) in [6.45, 7) is 0.0247. The summed E-state index contributed by atoms with van der Waals surface area (Å²) < 4.78 is 15.2. The van der Waals surface area contributed by atoms with E-state index < -0.39 is 0 Å². The van der Waals surface area contributed by atoms with Crippen LogP contribution in [0.15, 0.2) is 185 Å². The zero-order chi connectivity index (χ0) is 35.8. The number of para-hydroxylation sites is 3. The number of hydrogen-bond donors (Lipinski definition) is 0. The summed E-state index contributed by atoms with van der Waals surface area (Å²) >= 11 is 1.84. The van der Waals surface area contributed by atoms with Gasteiger partial charge in [-0.15, -0.1) is 0 Å². The number of anilines is 7. The van der Waals surface area contributed by atoms with E-state index in [1.807, 2.05) is 23.9 Å². The Labute approximate surface area is 320 Å². The Morgan fingerprint density at radius 2 is 1.09 bits per heavy atom. The first kappa shape index (κ1) is 31.5. The average molecular weight is 716 g/mol. The second kappa shape index (κ2) is 12.6. The summed E-state index contributed by atoms with van der Waals surface area (Å²) in [5, 5.41) is 0. The molecular formula is C48H35BFN3S. The highest BCUT2D eigenvalue weighted by Gasteiger charge is 2.42. The van der Waals surface area contributed by atoms with Gasteiger partial charge < -0.3 is 14.7 Å². The molecular weight excluding hydrogens is 680 g/mol. The van der Waals surface area contributed by atoms with Crippen LogP contribution in [-0.4, -0.2) is 6.71 Å². The molecule has 0 N–H and O–H groups in total. The van der Waals surface area contributed by atoms with Gasteiger partial charge in [-0.05, 0) is 121 Å². The van der Waals surface area contributed by atoms with E-state index in [1.54, 1.807) is 6.07 Å². The van der Waals surface area contributed by atoms with Crippen molar-refractivity contribution in [2.45, 2.75) is 35.5 Å². The zero-order valence-corrected chi connectivity index (χ0v) is 30.4. The van der Waals surface area contributed by atoms with Crippen molar-refractivity contribution in [3.63, 3.8) is 0 Å². The Bertz CT molecular complexity index is 2640. The lowest BCUT2D eigenvalue weighted by Gasteiger charge is -2.45. The quantitative estimate of drug-likeness (QED) is 0.168. The van der Waals surface area contributed by atoms with E-state index in [2.05, 4.69) is 154 Å². The summed E-state index contributed by atoms with van der Waals surface area (Å²) in [6.07, 6.45) is 4.33. The number of rotatable bonds is 4. The standard InChI is InChI=1S/C48H35BFN3S/c50-34-15-11-18-36(30-34)53-44-23-12-24-47-48(44)49(39-29-33(25-28-46(39)54-47)32-13-3-1-4-14-32)38-27-26-37(31-45(38)53)52-42-21-9-7-19-40(42)51(35-16-5-2-6-17-35)41-20-8-10-22-43(41)52/h1-7,9,11-19,21,23-31H,8,10,20,22H2. The number of nitrogens with zero attached hydrogens (tertiary/aromatic N) is 3. The van der Waals surface area contributed by atoms with Crippen molar-refractivity contribution in [3.8, 4) is 11.1 Å². The number of fused-ring (bicyclic) bond motifs is 5. The fourth-order valence-electron chi connectivity index (χ4n) is 9.17. The van der Waals surface area contributed by atoms with E-state index in [9.17, 15) is 0 Å². The normalized spacial score (nSPS) is 15.3. The molecule has 0 atom stereocenters. The Kier molecular flexibility index (Phi) is 7.34. The minimum atomic E-state index is -0.243. The fourth-order valence-corrected chi connectivity index (χ4v) is 10.3. The van der Waals surface area contributed by atoms with Gasteiger partial charge in [0.05, 0.1) is 11.4 Å². The minimum Gasteiger partial charge on any atom is -0.311 e. The lowest BCUT2D eigenvalue weighted by atomic mass is 9.34. The third kappa shape index (κ3) is 4.90. The Morgan fingerprint density at radius 3 is 1.85 bits per heavy atom. The molecule has 7 aromatic carbocycles. The SMILES string of the molecule is Fc1cccc(N2c3cc(N4C5=C(CCCC5)N(c5ccccc5)c5ccccc54)ccc3B3c4cc(-c5ccccc5)ccc4Sc4cccc2c43)c1. The maximum absolute atomic E-state index is 15.2. The molecule has 0 amide bonds. The third-order valence-corrected chi connectivity index (χ3v) is 12.6. The molecule has 4 aliphatic rings. The van der Waals surface area contributed by atoms with E-state index in [1.165, 1.54) is 78.2 Å². The summed E-state index contributed by atoms with van der Waals surface area (Å²) in [4.78, 5) is 9.82. The highest BCUT2D eigenvalue weighted by Crippen LogP contribution is 2.52. The highest BCUT2D eigenvalue weighted by atomic mass is 32.2. The summed E-state index contributed by atoms with van der Waals surface area (Å²) in [7, 11) is 0. The summed E-state index contributed by atoms with van der Waals surface area (Å²) in [5.41, 5.74) is 16.6. The van der Waals surface area contributed by atoms with Crippen LogP contribution in [0.4, 0.5) is 44.2 Å². The van der Waals surface area contributed by atoms with Crippen molar-refractivity contribution in [2.24, 2.45) is 0 Å². The molecule has 0 bridgehead atoms. The van der Waals surface area contributed by atoms with Gasteiger partial charge >= 0.3 is 0 Å². The van der Waals surface area contributed by atoms with Crippen molar-refractivity contribution in [2.75, 3.05) is 14.7 Å². The van der Waals surface area contributed by atoms with Crippen LogP contribution in [-0.2, 0) is 0 Å². The molecule has 3 heterocycles. The number of allylic oxidation sites excluding steroid dienone is 2. The van der Waals surface area contributed by atoms with Crippen LogP contribution in [0.1, 0.15) is 25.7 Å². The van der Waals surface area contributed by atoms with Crippen molar-refractivity contribution in [1.82, 2.24) is 0 Å². The zero-order valence-electron chi connectivity index (χ0n) is 29.6. The molecule has 11 rings (SSSR count). The van der Waals surface area contributed by atoms with E-state index in [4.69, 9.17) is 0 Å². The van der Waals surface area contributed by atoms with Gasteiger partial charge in [0.25, 0.3) is 0 Å². The van der Waals surface area contributed by atoms with Gasteiger partial charge in [-0.3, -0.25) is 0 Å². The molecule has 3 nitrogen and oxygen atoms in total. The topological polar surface area (TPSA) is 9.72 Å². The summed E-state index contributed by atoms with van der Waals surface area (Å²) in [5.74, 6) is -0.243. The second-order valence-electron chi connectivity index (χ2n) is 14.5. The van der Waals surface area contributed by atoms with Crippen molar-refractivity contribution in [3.05, 3.63) is 181 Å². The van der Waals surface area contributed by atoms with Gasteiger partial charge in [-0.25, -0.2) is 4.39 Å². The molecule has 0 saturated carbocycles. The van der Waals surface area contributed by atoms with Gasteiger partial charge in [0, 0.05) is 49.6 Å². The van der Waals surface area contributed by atoms with Gasteiger partial charge in [0.2, 0.25) is 6.71 Å². The molecule has 6 heteroatoms. The predicted molar refractivity (Wildman–Crippen MR) is 224 cm³/mol. The van der Waals surface area contributed by atoms with Gasteiger partial charge in [0.1, 0.15) is 5.82 Å². The third-order valence-electron chi connectivity index (χ3n) is 11.4. The Morgan fingerprint density at radius 1 is 0.444 bits per heavy atom. The highest BCUT2D eigenvalue weighted by molar-refractivity contribution is 8.00. The van der Waals surface area contributed by atoms with Crippen LogP contribution in [0, 0.1) is 5.82 Å². The molecule has 7 aromatic rings. The molecule has 0 radical (unpaired) electrons. The van der Waals surface area contributed by atoms with Crippen molar-refractivity contribution in [1.29, 1.82) is 0 Å². The molecule has 0 saturated heterocycles. The lowest BCUT2D eigenvalue weighted by molar-refractivity contribution is 0.628. The smallest absolute Gasteiger partial charge is 0.249 e.